The van der Waals surface area contributed by atoms with Crippen molar-refractivity contribution in [2.24, 2.45) is 11.8 Å². The Balaban J connectivity index is 1.89. The normalized spacial score (nSPS) is 21.3. The first-order valence-corrected chi connectivity index (χ1v) is 16.2. The number of benzene rings is 3. The highest BCUT2D eigenvalue weighted by Crippen LogP contribution is 2.49. The maximum absolute atomic E-state index is 14.3. The first kappa shape index (κ1) is 34.2. The molecule has 240 valence electrons. The standard InChI is InChI=1S/C36H43BrN2O6/c1-8-16-45-33-25(37)17-24(18-29(33)44-9-2)30-31(34(41)38-26-14-10-12-20(3)22(26)5)28(40)19-36(7,43)32(30)35(42)39-27-15-11-13-21(4)23(27)6/h10-15,17-18,30-32,43H,8-9,16,19H2,1-7H3,(H,38,41)(H,39,42). The molecular weight excluding hydrogens is 636 g/mol. The maximum Gasteiger partial charge on any atom is 0.235 e. The summed E-state index contributed by atoms with van der Waals surface area (Å²) in [6, 6.07) is 14.6. The molecule has 1 aliphatic carbocycles. The van der Waals surface area contributed by atoms with E-state index in [-0.39, 0.29) is 6.42 Å². The molecule has 3 N–H and O–H groups in total. The van der Waals surface area contributed by atoms with E-state index in [4.69, 9.17) is 9.47 Å². The molecule has 0 bridgehead atoms. The van der Waals surface area contributed by atoms with Gasteiger partial charge in [-0.1, -0.05) is 31.2 Å². The second-order valence-corrected chi connectivity index (χ2v) is 12.9. The molecule has 4 atom stereocenters. The van der Waals surface area contributed by atoms with Crippen LogP contribution < -0.4 is 20.1 Å². The van der Waals surface area contributed by atoms with Gasteiger partial charge in [-0.3, -0.25) is 14.4 Å². The van der Waals surface area contributed by atoms with E-state index >= 15 is 0 Å². The van der Waals surface area contributed by atoms with Crippen LogP contribution in [0.4, 0.5) is 11.4 Å². The maximum atomic E-state index is 14.3. The van der Waals surface area contributed by atoms with Gasteiger partial charge in [-0.15, -0.1) is 0 Å². The Morgan fingerprint density at radius 2 is 1.51 bits per heavy atom. The first-order valence-electron chi connectivity index (χ1n) is 15.4. The van der Waals surface area contributed by atoms with Crippen LogP contribution in [-0.4, -0.2) is 41.5 Å². The molecule has 0 aromatic heterocycles. The topological polar surface area (TPSA) is 114 Å². The zero-order valence-corrected chi connectivity index (χ0v) is 28.6. The molecule has 2 amide bonds. The average molecular weight is 680 g/mol. The van der Waals surface area contributed by atoms with Crippen LogP contribution >= 0.6 is 15.9 Å². The van der Waals surface area contributed by atoms with Gasteiger partial charge in [0.25, 0.3) is 0 Å². The Hall–Kier alpha value is -3.69. The van der Waals surface area contributed by atoms with Gasteiger partial charge >= 0.3 is 0 Å². The molecular formula is C36H43BrN2O6. The first-order chi connectivity index (χ1) is 21.3. The molecule has 9 heteroatoms. The summed E-state index contributed by atoms with van der Waals surface area (Å²) in [6.45, 7) is 13.8. The third-order valence-electron chi connectivity index (χ3n) is 8.72. The van der Waals surface area contributed by atoms with Crippen molar-refractivity contribution in [1.82, 2.24) is 0 Å². The van der Waals surface area contributed by atoms with Crippen molar-refractivity contribution in [3.63, 3.8) is 0 Å². The van der Waals surface area contributed by atoms with E-state index in [0.717, 1.165) is 28.7 Å². The number of rotatable bonds is 10. The van der Waals surface area contributed by atoms with Crippen molar-refractivity contribution < 1.29 is 29.0 Å². The minimum atomic E-state index is -1.75. The lowest BCUT2D eigenvalue weighted by Crippen LogP contribution is -2.56. The van der Waals surface area contributed by atoms with Crippen LogP contribution in [0.3, 0.4) is 0 Å². The number of carbonyl (C=O) groups is 3. The quantitative estimate of drug-likeness (QED) is 0.196. The molecule has 8 nitrogen and oxygen atoms in total. The van der Waals surface area contributed by atoms with Crippen LogP contribution in [0, 0.1) is 39.5 Å². The number of hydrogen-bond acceptors (Lipinski definition) is 6. The van der Waals surface area contributed by atoms with Gasteiger partial charge < -0.3 is 25.2 Å². The molecule has 4 rings (SSSR count). The van der Waals surface area contributed by atoms with Crippen LogP contribution in [0.1, 0.15) is 67.3 Å². The van der Waals surface area contributed by atoms with Gasteiger partial charge in [-0.05, 0) is 116 Å². The second kappa shape index (κ2) is 14.2. The summed E-state index contributed by atoms with van der Waals surface area (Å²) in [5.41, 5.74) is 3.66. The van der Waals surface area contributed by atoms with Crippen LogP contribution in [0.15, 0.2) is 53.0 Å². The van der Waals surface area contributed by atoms with E-state index in [0.29, 0.717) is 46.1 Å². The smallest absolute Gasteiger partial charge is 0.235 e. The number of amides is 2. The van der Waals surface area contributed by atoms with Crippen molar-refractivity contribution in [3.8, 4) is 11.5 Å². The van der Waals surface area contributed by atoms with E-state index in [1.54, 1.807) is 24.3 Å². The molecule has 3 aromatic carbocycles. The second-order valence-electron chi connectivity index (χ2n) is 12.1. The van der Waals surface area contributed by atoms with E-state index in [1.165, 1.54) is 6.92 Å². The Kier molecular flexibility index (Phi) is 10.8. The zero-order chi connectivity index (χ0) is 33.1. The van der Waals surface area contributed by atoms with Crippen molar-refractivity contribution in [1.29, 1.82) is 0 Å². The highest BCUT2D eigenvalue weighted by atomic mass is 79.9. The van der Waals surface area contributed by atoms with Crippen molar-refractivity contribution in [3.05, 3.63) is 80.8 Å². The third kappa shape index (κ3) is 7.25. The Bertz CT molecular complexity index is 1600. The number of halogens is 1. The number of ether oxygens (including phenoxy) is 2. The highest BCUT2D eigenvalue weighted by Gasteiger charge is 2.56. The van der Waals surface area contributed by atoms with E-state index in [2.05, 4.69) is 26.6 Å². The van der Waals surface area contributed by atoms with Crippen LogP contribution in [0.5, 0.6) is 11.5 Å². The monoisotopic (exact) mass is 678 g/mol. The number of Topliss-reactive ketones (excluding diaryl/α,β-unsaturated/α-hetero) is 1. The molecule has 1 saturated carbocycles. The lowest BCUT2D eigenvalue weighted by atomic mass is 9.61. The number of aryl methyl sites for hydroxylation is 2. The lowest BCUT2D eigenvalue weighted by molar-refractivity contribution is -0.150. The van der Waals surface area contributed by atoms with Crippen molar-refractivity contribution >= 4 is 44.9 Å². The number of ketones is 1. The summed E-state index contributed by atoms with van der Waals surface area (Å²) in [4.78, 5) is 42.3. The number of hydrogen-bond donors (Lipinski definition) is 3. The van der Waals surface area contributed by atoms with Crippen LogP contribution in [-0.2, 0) is 14.4 Å². The van der Waals surface area contributed by atoms with Crippen LogP contribution in [0.25, 0.3) is 0 Å². The number of carbonyl (C=O) groups excluding carboxylic acids is 3. The van der Waals surface area contributed by atoms with Gasteiger partial charge in [0.05, 0.1) is 29.2 Å². The minimum Gasteiger partial charge on any atom is -0.490 e. The van der Waals surface area contributed by atoms with Crippen molar-refractivity contribution in [2.45, 2.75) is 72.8 Å². The van der Waals surface area contributed by atoms with E-state index in [9.17, 15) is 19.5 Å². The SMILES string of the molecule is CCCOc1c(Br)cc(C2C(C(=O)Nc3cccc(C)c3C)C(=O)CC(C)(O)C2C(=O)Nc2cccc(C)c2C)cc1OCC. The molecule has 0 saturated heterocycles. The minimum absolute atomic E-state index is 0.340. The molecule has 1 fully saturated rings. The summed E-state index contributed by atoms with van der Waals surface area (Å²) in [5, 5.41) is 17.8. The Morgan fingerprint density at radius 1 is 0.933 bits per heavy atom. The van der Waals surface area contributed by atoms with Crippen molar-refractivity contribution in [2.75, 3.05) is 23.8 Å². The fraction of sp³-hybridized carbons (Fsp3) is 0.417. The van der Waals surface area contributed by atoms with E-state index < -0.39 is 41.0 Å². The fourth-order valence-electron chi connectivity index (χ4n) is 6.07. The van der Waals surface area contributed by atoms with Gasteiger partial charge in [0.15, 0.2) is 11.5 Å². The van der Waals surface area contributed by atoms with Gasteiger partial charge in [-0.2, -0.15) is 0 Å². The number of aliphatic hydroxyl groups is 1. The van der Waals surface area contributed by atoms with Gasteiger partial charge in [0, 0.05) is 23.7 Å². The molecule has 0 spiro atoms. The molecule has 45 heavy (non-hydrogen) atoms. The molecule has 0 aliphatic heterocycles. The fourth-order valence-corrected chi connectivity index (χ4v) is 6.65. The van der Waals surface area contributed by atoms with Gasteiger partial charge in [0.1, 0.15) is 11.7 Å². The summed E-state index contributed by atoms with van der Waals surface area (Å²) < 4.78 is 12.5. The Morgan fingerprint density at radius 3 is 2.07 bits per heavy atom. The largest absolute Gasteiger partial charge is 0.490 e. The predicted molar refractivity (Wildman–Crippen MR) is 180 cm³/mol. The number of nitrogens with one attached hydrogen (secondary N) is 2. The summed E-state index contributed by atoms with van der Waals surface area (Å²) >= 11 is 3.61. The van der Waals surface area contributed by atoms with Crippen LogP contribution in [0.2, 0.25) is 0 Å². The predicted octanol–water partition coefficient (Wildman–Crippen LogP) is 7.19. The zero-order valence-electron chi connectivity index (χ0n) is 27.0. The third-order valence-corrected chi connectivity index (χ3v) is 9.31. The van der Waals surface area contributed by atoms with Gasteiger partial charge in [0.2, 0.25) is 11.8 Å². The summed E-state index contributed by atoms with van der Waals surface area (Å²) in [6.07, 6.45) is 0.414. The molecule has 1 aliphatic rings. The molecule has 0 heterocycles. The molecule has 4 unspecified atom stereocenters. The number of anilines is 2. The Labute approximate surface area is 274 Å². The average Bonchev–Trinajstić information content (AvgIpc) is 2.96. The van der Waals surface area contributed by atoms with E-state index in [1.807, 2.05) is 65.8 Å². The molecule has 0 radical (unpaired) electrons. The highest BCUT2D eigenvalue weighted by molar-refractivity contribution is 9.10. The lowest BCUT2D eigenvalue weighted by Gasteiger charge is -2.44. The molecule has 3 aromatic rings. The summed E-state index contributed by atoms with van der Waals surface area (Å²) in [5.74, 6) is -4.07. The van der Waals surface area contributed by atoms with Gasteiger partial charge in [-0.25, -0.2) is 0 Å². The summed E-state index contributed by atoms with van der Waals surface area (Å²) in [7, 11) is 0.